The predicted octanol–water partition coefficient (Wildman–Crippen LogP) is 3.86. The number of hydrogen-bond acceptors (Lipinski definition) is 3. The lowest BCUT2D eigenvalue weighted by atomic mass is 9.94. The summed E-state index contributed by atoms with van der Waals surface area (Å²) in [6.07, 6.45) is 7.59. The number of hydrogen-bond donors (Lipinski definition) is 2. The van der Waals surface area contributed by atoms with Gasteiger partial charge in [-0.05, 0) is 50.4 Å². The first-order chi connectivity index (χ1) is 12.1. The molecular formula is C19H27Cl2N3O2. The zero-order chi connectivity index (χ0) is 17.8. The Kier molecular flexibility index (Phi) is 7.74. The van der Waals surface area contributed by atoms with Crippen LogP contribution < -0.4 is 10.6 Å². The third-order valence-corrected chi connectivity index (χ3v) is 5.60. The maximum Gasteiger partial charge on any atom is 0.255 e. The molecule has 2 fully saturated rings. The van der Waals surface area contributed by atoms with Crippen molar-refractivity contribution >= 4 is 41.5 Å². The molecule has 1 atom stereocenters. The van der Waals surface area contributed by atoms with Gasteiger partial charge in [-0.2, -0.15) is 0 Å². The number of nitrogens with zero attached hydrogens (tertiary/aromatic N) is 1. The Morgan fingerprint density at radius 1 is 1.15 bits per heavy atom. The van der Waals surface area contributed by atoms with Crippen molar-refractivity contribution < 1.29 is 9.59 Å². The van der Waals surface area contributed by atoms with Crippen LogP contribution in [-0.4, -0.2) is 42.4 Å². The molecule has 1 aromatic carbocycles. The van der Waals surface area contributed by atoms with Gasteiger partial charge in [0, 0.05) is 18.8 Å². The van der Waals surface area contributed by atoms with Crippen LogP contribution in [0.5, 0.6) is 0 Å². The lowest BCUT2D eigenvalue weighted by Gasteiger charge is -2.31. The minimum atomic E-state index is -0.141. The Morgan fingerprint density at radius 2 is 1.88 bits per heavy atom. The van der Waals surface area contributed by atoms with Crippen molar-refractivity contribution in [1.29, 1.82) is 0 Å². The minimum absolute atomic E-state index is 0. The number of carbonyl (C=O) groups is 2. The lowest BCUT2D eigenvalue weighted by Crippen LogP contribution is -2.38. The topological polar surface area (TPSA) is 61.4 Å². The number of rotatable bonds is 4. The van der Waals surface area contributed by atoms with Crippen LogP contribution in [0.25, 0.3) is 0 Å². The van der Waals surface area contributed by atoms with Crippen LogP contribution in [0, 0.1) is 0 Å². The molecule has 0 spiro atoms. The molecule has 2 aliphatic rings. The normalized spacial score (nSPS) is 20.3. The predicted molar refractivity (Wildman–Crippen MR) is 107 cm³/mol. The average molecular weight is 400 g/mol. The van der Waals surface area contributed by atoms with Gasteiger partial charge in [-0.25, -0.2) is 0 Å². The molecule has 144 valence electrons. The molecule has 7 heteroatoms. The molecule has 0 bridgehead atoms. The Balaban J connectivity index is 0.00000243. The smallest absolute Gasteiger partial charge is 0.255 e. The molecule has 1 saturated carbocycles. The third kappa shape index (κ3) is 4.90. The molecule has 1 aliphatic heterocycles. The molecule has 5 nitrogen and oxygen atoms in total. The molecule has 2 N–H and O–H groups in total. The second-order valence-electron chi connectivity index (χ2n) is 7.04. The van der Waals surface area contributed by atoms with Gasteiger partial charge in [0.1, 0.15) is 0 Å². The van der Waals surface area contributed by atoms with E-state index in [1.165, 1.54) is 19.3 Å². The molecule has 0 radical (unpaired) electrons. The Hall–Kier alpha value is -1.30. The van der Waals surface area contributed by atoms with Gasteiger partial charge in [0.15, 0.2) is 0 Å². The summed E-state index contributed by atoms with van der Waals surface area (Å²) in [6, 6.07) is 5.28. The van der Waals surface area contributed by atoms with E-state index in [1.54, 1.807) is 18.2 Å². The van der Waals surface area contributed by atoms with E-state index in [0.717, 1.165) is 32.2 Å². The van der Waals surface area contributed by atoms with E-state index in [2.05, 4.69) is 10.6 Å². The summed E-state index contributed by atoms with van der Waals surface area (Å²) in [4.78, 5) is 26.7. The highest BCUT2D eigenvalue weighted by atomic mass is 35.5. The summed E-state index contributed by atoms with van der Waals surface area (Å²) in [6.45, 7) is 0.875. The van der Waals surface area contributed by atoms with Crippen LogP contribution in [0.2, 0.25) is 5.02 Å². The monoisotopic (exact) mass is 399 g/mol. The van der Waals surface area contributed by atoms with Crippen molar-refractivity contribution in [2.24, 2.45) is 0 Å². The van der Waals surface area contributed by atoms with E-state index < -0.39 is 0 Å². The van der Waals surface area contributed by atoms with Gasteiger partial charge in [0.2, 0.25) is 5.91 Å². The maximum absolute atomic E-state index is 12.8. The zero-order valence-corrected chi connectivity index (χ0v) is 16.7. The second-order valence-corrected chi connectivity index (χ2v) is 7.45. The van der Waals surface area contributed by atoms with E-state index in [9.17, 15) is 9.59 Å². The second kappa shape index (κ2) is 9.58. The van der Waals surface area contributed by atoms with E-state index in [0.29, 0.717) is 22.3 Å². The van der Waals surface area contributed by atoms with Crippen LogP contribution in [0.4, 0.5) is 5.69 Å². The Bertz CT molecular complexity index is 642. The van der Waals surface area contributed by atoms with Crippen molar-refractivity contribution in [3.05, 3.63) is 28.8 Å². The Morgan fingerprint density at radius 3 is 2.50 bits per heavy atom. The SMILES string of the molecule is CN(C(=O)c1ccc(NC(=O)C2CCCN2)cc1Cl)C1CCCCC1.Cl. The molecule has 1 aliphatic carbocycles. The standard InChI is InChI=1S/C19H26ClN3O2.ClH/c1-23(14-6-3-2-4-7-14)19(25)15-10-9-13(12-16(15)20)22-18(24)17-8-5-11-21-17;/h9-10,12,14,17,21H,2-8,11H2,1H3,(H,22,24);1H. The van der Waals surface area contributed by atoms with Gasteiger partial charge in [-0.15, -0.1) is 12.4 Å². The molecule has 26 heavy (non-hydrogen) atoms. The van der Waals surface area contributed by atoms with E-state index >= 15 is 0 Å². The van der Waals surface area contributed by atoms with Crippen LogP contribution in [-0.2, 0) is 4.79 Å². The number of anilines is 1. The molecule has 2 amide bonds. The number of benzene rings is 1. The summed E-state index contributed by atoms with van der Waals surface area (Å²) < 4.78 is 0. The summed E-state index contributed by atoms with van der Waals surface area (Å²) in [5.74, 6) is -0.0980. The van der Waals surface area contributed by atoms with Gasteiger partial charge in [-0.1, -0.05) is 30.9 Å². The first-order valence-electron chi connectivity index (χ1n) is 9.17. The van der Waals surface area contributed by atoms with Crippen molar-refractivity contribution in [2.75, 3.05) is 18.9 Å². The summed E-state index contributed by atoms with van der Waals surface area (Å²) in [7, 11) is 1.86. The largest absolute Gasteiger partial charge is 0.339 e. The highest BCUT2D eigenvalue weighted by Crippen LogP contribution is 2.26. The van der Waals surface area contributed by atoms with Crippen molar-refractivity contribution in [1.82, 2.24) is 10.2 Å². The quantitative estimate of drug-likeness (QED) is 0.807. The van der Waals surface area contributed by atoms with Crippen molar-refractivity contribution in [3.63, 3.8) is 0 Å². The average Bonchev–Trinajstić information content (AvgIpc) is 3.16. The van der Waals surface area contributed by atoms with Crippen molar-refractivity contribution in [3.8, 4) is 0 Å². The van der Waals surface area contributed by atoms with E-state index in [4.69, 9.17) is 11.6 Å². The van der Waals surface area contributed by atoms with Crippen molar-refractivity contribution in [2.45, 2.75) is 57.0 Å². The first kappa shape index (κ1) is 21.0. The molecule has 1 heterocycles. The molecule has 1 aromatic rings. The van der Waals surface area contributed by atoms with Gasteiger partial charge < -0.3 is 15.5 Å². The van der Waals surface area contributed by atoms with Gasteiger partial charge in [0.25, 0.3) is 5.91 Å². The van der Waals surface area contributed by atoms with Crippen LogP contribution in [0.15, 0.2) is 18.2 Å². The fraction of sp³-hybridized carbons (Fsp3) is 0.579. The van der Waals surface area contributed by atoms with E-state index in [1.807, 2.05) is 11.9 Å². The van der Waals surface area contributed by atoms with Crippen LogP contribution in [0.3, 0.4) is 0 Å². The van der Waals surface area contributed by atoms with Gasteiger partial charge in [-0.3, -0.25) is 9.59 Å². The minimum Gasteiger partial charge on any atom is -0.339 e. The van der Waals surface area contributed by atoms with Crippen LogP contribution >= 0.6 is 24.0 Å². The fourth-order valence-corrected chi connectivity index (χ4v) is 3.99. The summed E-state index contributed by atoms with van der Waals surface area (Å²) >= 11 is 6.34. The highest BCUT2D eigenvalue weighted by Gasteiger charge is 2.25. The highest BCUT2D eigenvalue weighted by molar-refractivity contribution is 6.34. The van der Waals surface area contributed by atoms with E-state index in [-0.39, 0.29) is 30.3 Å². The number of carbonyl (C=O) groups excluding carboxylic acids is 2. The maximum atomic E-state index is 12.8. The van der Waals surface area contributed by atoms with Gasteiger partial charge in [0.05, 0.1) is 16.6 Å². The molecule has 1 unspecified atom stereocenters. The number of nitrogens with one attached hydrogen (secondary N) is 2. The summed E-state index contributed by atoms with van der Waals surface area (Å²) in [5, 5.41) is 6.42. The molecule has 1 saturated heterocycles. The third-order valence-electron chi connectivity index (χ3n) is 5.29. The molecule has 0 aromatic heterocycles. The number of halogens is 2. The molecule has 3 rings (SSSR count). The molecular weight excluding hydrogens is 373 g/mol. The fourth-order valence-electron chi connectivity index (χ4n) is 3.73. The van der Waals surface area contributed by atoms with Crippen LogP contribution in [0.1, 0.15) is 55.3 Å². The van der Waals surface area contributed by atoms with Gasteiger partial charge >= 0.3 is 0 Å². The number of amides is 2. The first-order valence-corrected chi connectivity index (χ1v) is 9.55. The lowest BCUT2D eigenvalue weighted by molar-refractivity contribution is -0.117. The summed E-state index contributed by atoms with van der Waals surface area (Å²) in [5.41, 5.74) is 1.12. The zero-order valence-electron chi connectivity index (χ0n) is 15.1. The Labute approximate surface area is 166 Å².